The number of hydrogen-bond donors (Lipinski definition) is 1. The largest absolute Gasteiger partial charge is 0.321 e. The van der Waals surface area contributed by atoms with Gasteiger partial charge >= 0.3 is 0 Å². The lowest BCUT2D eigenvalue weighted by molar-refractivity contribution is 0.623. The smallest absolute Gasteiger partial charge is 0.124 e. The van der Waals surface area contributed by atoms with Crippen LogP contribution in [-0.2, 0) is 0 Å². The first kappa shape index (κ1) is 9.42. The zero-order chi connectivity index (χ0) is 9.14. The molecule has 3 heteroatoms. The SMILES string of the molecule is C=C[C@@H](N)c1cc(F)cc(Br)c1. The third kappa shape index (κ3) is 2.16. The summed E-state index contributed by atoms with van der Waals surface area (Å²) in [5, 5.41) is 0. The molecule has 0 saturated heterocycles. The minimum absolute atomic E-state index is 0.295. The van der Waals surface area contributed by atoms with Crippen LogP contribution in [-0.4, -0.2) is 0 Å². The van der Waals surface area contributed by atoms with E-state index in [1.807, 2.05) is 0 Å². The standard InChI is InChI=1S/C9H9BrFN/c1-2-9(12)6-3-7(10)5-8(11)4-6/h2-5,9H,1,12H2/t9-/m1/s1. The summed E-state index contributed by atoms with van der Waals surface area (Å²) in [6, 6.07) is 4.25. The topological polar surface area (TPSA) is 26.0 Å². The van der Waals surface area contributed by atoms with Crippen LogP contribution in [0.5, 0.6) is 0 Å². The number of rotatable bonds is 2. The summed E-state index contributed by atoms with van der Waals surface area (Å²) in [5.74, 6) is -0.295. The molecule has 0 saturated carbocycles. The van der Waals surface area contributed by atoms with E-state index in [1.165, 1.54) is 12.1 Å². The van der Waals surface area contributed by atoms with Crippen molar-refractivity contribution in [1.29, 1.82) is 0 Å². The molecule has 2 N–H and O–H groups in total. The van der Waals surface area contributed by atoms with E-state index >= 15 is 0 Å². The molecular weight excluding hydrogens is 221 g/mol. The molecule has 0 fully saturated rings. The lowest BCUT2D eigenvalue weighted by Crippen LogP contribution is -2.06. The Bertz CT molecular complexity index is 278. The molecule has 0 aromatic heterocycles. The van der Waals surface area contributed by atoms with Crippen molar-refractivity contribution in [1.82, 2.24) is 0 Å². The third-order valence-corrected chi connectivity index (χ3v) is 1.98. The summed E-state index contributed by atoms with van der Waals surface area (Å²) >= 11 is 3.18. The number of halogens is 2. The second-order valence-corrected chi connectivity index (χ2v) is 3.38. The lowest BCUT2D eigenvalue weighted by atomic mass is 10.1. The number of nitrogens with two attached hydrogens (primary N) is 1. The van der Waals surface area contributed by atoms with E-state index < -0.39 is 0 Å². The molecule has 0 spiro atoms. The summed E-state index contributed by atoms with van der Waals surface area (Å²) < 4.78 is 13.5. The van der Waals surface area contributed by atoms with Crippen LogP contribution >= 0.6 is 15.9 Å². The zero-order valence-corrected chi connectivity index (χ0v) is 8.01. The molecule has 1 aromatic rings. The van der Waals surface area contributed by atoms with E-state index in [2.05, 4.69) is 22.5 Å². The molecular formula is C9H9BrFN. The van der Waals surface area contributed by atoms with Gasteiger partial charge in [-0.3, -0.25) is 0 Å². The molecule has 0 aliphatic rings. The van der Waals surface area contributed by atoms with E-state index in [-0.39, 0.29) is 11.9 Å². The Morgan fingerprint density at radius 2 is 2.17 bits per heavy atom. The Balaban J connectivity index is 3.08. The van der Waals surface area contributed by atoms with Crippen molar-refractivity contribution >= 4 is 15.9 Å². The predicted octanol–water partition coefficient (Wildman–Crippen LogP) is 2.77. The fraction of sp³-hybridized carbons (Fsp3) is 0.111. The van der Waals surface area contributed by atoms with E-state index in [1.54, 1.807) is 12.1 Å². The summed E-state index contributed by atoms with van der Waals surface area (Å²) in [5.41, 5.74) is 6.35. The minimum Gasteiger partial charge on any atom is -0.321 e. The Morgan fingerprint density at radius 3 is 2.67 bits per heavy atom. The molecule has 0 aliphatic carbocycles. The van der Waals surface area contributed by atoms with Crippen molar-refractivity contribution in [2.75, 3.05) is 0 Å². The van der Waals surface area contributed by atoms with Gasteiger partial charge in [-0.05, 0) is 23.8 Å². The summed E-state index contributed by atoms with van der Waals surface area (Å²) in [7, 11) is 0. The molecule has 0 aliphatic heterocycles. The van der Waals surface area contributed by atoms with Crippen LogP contribution < -0.4 is 5.73 Å². The average Bonchev–Trinajstić information content (AvgIpc) is 2.01. The Morgan fingerprint density at radius 1 is 1.50 bits per heavy atom. The van der Waals surface area contributed by atoms with Crippen molar-refractivity contribution in [3.8, 4) is 0 Å². The highest BCUT2D eigenvalue weighted by molar-refractivity contribution is 9.10. The zero-order valence-electron chi connectivity index (χ0n) is 6.43. The van der Waals surface area contributed by atoms with Crippen LogP contribution in [0.3, 0.4) is 0 Å². The van der Waals surface area contributed by atoms with Crippen molar-refractivity contribution in [3.63, 3.8) is 0 Å². The average molecular weight is 230 g/mol. The van der Waals surface area contributed by atoms with Gasteiger partial charge in [-0.1, -0.05) is 22.0 Å². The molecule has 1 aromatic carbocycles. The van der Waals surface area contributed by atoms with Crippen LogP contribution in [0.2, 0.25) is 0 Å². The van der Waals surface area contributed by atoms with Gasteiger partial charge in [0.25, 0.3) is 0 Å². The van der Waals surface area contributed by atoms with Gasteiger partial charge in [-0.15, -0.1) is 6.58 Å². The first-order chi connectivity index (χ1) is 5.63. The van der Waals surface area contributed by atoms with Crippen molar-refractivity contribution in [2.24, 2.45) is 5.73 Å². The Hall–Kier alpha value is -0.670. The van der Waals surface area contributed by atoms with Crippen molar-refractivity contribution in [2.45, 2.75) is 6.04 Å². The number of benzene rings is 1. The maximum atomic E-state index is 12.8. The van der Waals surface area contributed by atoms with Gasteiger partial charge in [-0.2, -0.15) is 0 Å². The maximum Gasteiger partial charge on any atom is 0.124 e. The Labute approximate surface area is 79.2 Å². The number of hydrogen-bond acceptors (Lipinski definition) is 1. The van der Waals surface area contributed by atoms with Crippen LogP contribution in [0.15, 0.2) is 35.3 Å². The molecule has 1 nitrogen and oxygen atoms in total. The highest BCUT2D eigenvalue weighted by Gasteiger charge is 2.03. The van der Waals surface area contributed by atoms with Crippen LogP contribution in [0.1, 0.15) is 11.6 Å². The van der Waals surface area contributed by atoms with E-state index in [0.717, 1.165) is 5.56 Å². The van der Waals surface area contributed by atoms with Gasteiger partial charge < -0.3 is 5.73 Å². The molecule has 0 bridgehead atoms. The monoisotopic (exact) mass is 229 g/mol. The van der Waals surface area contributed by atoms with Gasteiger partial charge in [0, 0.05) is 10.5 Å². The van der Waals surface area contributed by atoms with E-state index in [4.69, 9.17) is 5.73 Å². The highest BCUT2D eigenvalue weighted by Crippen LogP contribution is 2.19. The second-order valence-electron chi connectivity index (χ2n) is 2.46. The molecule has 12 heavy (non-hydrogen) atoms. The Kier molecular flexibility index (Phi) is 3.00. The molecule has 0 amide bonds. The predicted molar refractivity (Wildman–Crippen MR) is 51.2 cm³/mol. The van der Waals surface area contributed by atoms with Gasteiger partial charge in [0.05, 0.1) is 0 Å². The van der Waals surface area contributed by atoms with Crippen LogP contribution in [0, 0.1) is 5.82 Å². The van der Waals surface area contributed by atoms with E-state index in [9.17, 15) is 4.39 Å². The second kappa shape index (κ2) is 3.83. The molecule has 64 valence electrons. The molecule has 0 radical (unpaired) electrons. The van der Waals surface area contributed by atoms with Crippen molar-refractivity contribution in [3.05, 3.63) is 46.7 Å². The maximum absolute atomic E-state index is 12.8. The first-order valence-electron chi connectivity index (χ1n) is 3.47. The molecule has 0 heterocycles. The fourth-order valence-electron chi connectivity index (χ4n) is 0.904. The highest BCUT2D eigenvalue weighted by atomic mass is 79.9. The van der Waals surface area contributed by atoms with Crippen LogP contribution in [0.4, 0.5) is 4.39 Å². The minimum atomic E-state index is -0.308. The fourth-order valence-corrected chi connectivity index (χ4v) is 1.39. The summed E-state index contributed by atoms with van der Waals surface area (Å²) in [6.07, 6.45) is 1.57. The normalized spacial score (nSPS) is 12.6. The van der Waals surface area contributed by atoms with Gasteiger partial charge in [-0.25, -0.2) is 4.39 Å². The first-order valence-corrected chi connectivity index (χ1v) is 4.27. The quantitative estimate of drug-likeness (QED) is 0.776. The van der Waals surface area contributed by atoms with Crippen molar-refractivity contribution < 1.29 is 4.39 Å². The van der Waals surface area contributed by atoms with E-state index in [0.29, 0.717) is 4.47 Å². The summed E-state index contributed by atoms with van der Waals surface area (Å²) in [6.45, 7) is 3.53. The molecule has 1 atom stereocenters. The van der Waals surface area contributed by atoms with Gasteiger partial charge in [0.2, 0.25) is 0 Å². The lowest BCUT2D eigenvalue weighted by Gasteiger charge is -2.06. The van der Waals surface area contributed by atoms with Gasteiger partial charge in [0.1, 0.15) is 5.82 Å². The third-order valence-electron chi connectivity index (χ3n) is 1.52. The summed E-state index contributed by atoms with van der Waals surface area (Å²) in [4.78, 5) is 0. The molecule has 1 rings (SSSR count). The van der Waals surface area contributed by atoms with Gasteiger partial charge in [0.15, 0.2) is 0 Å². The molecule has 0 unspecified atom stereocenters. The van der Waals surface area contributed by atoms with Crippen LogP contribution in [0.25, 0.3) is 0 Å².